The average Bonchev–Trinajstić information content (AvgIpc) is 2.59. The first-order valence-electron chi connectivity index (χ1n) is 8.15. The highest BCUT2D eigenvalue weighted by Crippen LogP contribution is 2.23. The number of hydrogen-bond donors (Lipinski definition) is 2. The molecular weight excluding hydrogens is 350 g/mol. The lowest BCUT2D eigenvalue weighted by molar-refractivity contribution is 0.0949. The lowest BCUT2D eigenvalue weighted by atomic mass is 10.2. The van der Waals surface area contributed by atoms with Crippen LogP contribution in [0.2, 0.25) is 0 Å². The van der Waals surface area contributed by atoms with E-state index in [0.717, 1.165) is 32.1 Å². The summed E-state index contributed by atoms with van der Waals surface area (Å²) in [5.41, 5.74) is 5.64. The lowest BCUT2D eigenvalue weighted by Gasteiger charge is -2.26. The predicted octanol–water partition coefficient (Wildman–Crippen LogP) is 1.75. The Labute approximate surface area is 150 Å². The first-order chi connectivity index (χ1) is 11.1. The van der Waals surface area contributed by atoms with E-state index in [1.807, 2.05) is 0 Å². The Balaban J connectivity index is 0.00000288. The number of nitrogens with zero attached hydrogens (tertiary/aromatic N) is 1. The van der Waals surface area contributed by atoms with E-state index in [-0.39, 0.29) is 28.8 Å². The van der Waals surface area contributed by atoms with Gasteiger partial charge in [0.2, 0.25) is 10.0 Å². The summed E-state index contributed by atoms with van der Waals surface area (Å²) in [4.78, 5) is 12.4. The molecule has 6 nitrogen and oxygen atoms in total. The van der Waals surface area contributed by atoms with Crippen LogP contribution in [0.1, 0.15) is 42.5 Å². The molecule has 0 radical (unpaired) electrons. The molecular formula is C16H26ClN3O3S. The fraction of sp³-hybridized carbons (Fsp3) is 0.562. The van der Waals surface area contributed by atoms with Crippen molar-refractivity contribution in [1.29, 1.82) is 0 Å². The van der Waals surface area contributed by atoms with Crippen molar-refractivity contribution in [3.8, 4) is 0 Å². The summed E-state index contributed by atoms with van der Waals surface area (Å²) >= 11 is 0. The molecule has 0 unspecified atom stereocenters. The fourth-order valence-electron chi connectivity index (χ4n) is 2.69. The van der Waals surface area contributed by atoms with E-state index in [2.05, 4.69) is 5.32 Å². The maximum absolute atomic E-state index is 12.8. The lowest BCUT2D eigenvalue weighted by Crippen LogP contribution is -2.37. The molecule has 136 valence electrons. The van der Waals surface area contributed by atoms with Crippen LogP contribution in [0.5, 0.6) is 0 Å². The van der Waals surface area contributed by atoms with Crippen molar-refractivity contribution in [2.75, 3.05) is 26.2 Å². The van der Waals surface area contributed by atoms with E-state index in [1.54, 1.807) is 18.2 Å². The molecule has 1 fully saturated rings. The quantitative estimate of drug-likeness (QED) is 0.710. The number of carbonyl (C=O) groups is 1. The van der Waals surface area contributed by atoms with Gasteiger partial charge in [-0.15, -0.1) is 12.4 Å². The predicted molar refractivity (Wildman–Crippen MR) is 96.9 cm³/mol. The van der Waals surface area contributed by atoms with Crippen molar-refractivity contribution in [3.05, 3.63) is 29.8 Å². The van der Waals surface area contributed by atoms with Crippen LogP contribution in [-0.4, -0.2) is 44.8 Å². The summed E-state index contributed by atoms with van der Waals surface area (Å²) in [6, 6.07) is 6.42. The molecule has 0 bridgehead atoms. The number of sulfonamides is 1. The zero-order valence-corrected chi connectivity index (χ0v) is 15.4. The molecule has 1 heterocycles. The molecule has 1 aromatic rings. The fourth-order valence-corrected chi connectivity index (χ4v) is 4.40. The van der Waals surface area contributed by atoms with E-state index in [0.29, 0.717) is 26.2 Å². The van der Waals surface area contributed by atoms with E-state index in [9.17, 15) is 13.2 Å². The topological polar surface area (TPSA) is 92.5 Å². The van der Waals surface area contributed by atoms with Gasteiger partial charge in [-0.05, 0) is 44.4 Å². The number of piperidine rings is 1. The number of amides is 1. The zero-order valence-electron chi connectivity index (χ0n) is 13.7. The van der Waals surface area contributed by atoms with Crippen molar-refractivity contribution in [2.45, 2.75) is 37.0 Å². The normalized spacial score (nSPS) is 15.5. The van der Waals surface area contributed by atoms with Gasteiger partial charge in [0.1, 0.15) is 0 Å². The second-order valence-corrected chi connectivity index (χ2v) is 7.62. The summed E-state index contributed by atoms with van der Waals surface area (Å²) in [5, 5.41) is 2.77. The maximum Gasteiger partial charge on any atom is 0.252 e. The summed E-state index contributed by atoms with van der Waals surface area (Å²) < 4.78 is 27.1. The average molecular weight is 376 g/mol. The van der Waals surface area contributed by atoms with Gasteiger partial charge >= 0.3 is 0 Å². The molecule has 1 aromatic carbocycles. The molecule has 0 saturated carbocycles. The molecule has 1 aliphatic heterocycles. The third kappa shape index (κ3) is 5.17. The number of nitrogens with one attached hydrogen (secondary N) is 1. The van der Waals surface area contributed by atoms with Crippen LogP contribution < -0.4 is 11.1 Å². The van der Waals surface area contributed by atoms with E-state index >= 15 is 0 Å². The Hall–Kier alpha value is -1.15. The van der Waals surface area contributed by atoms with Crippen LogP contribution in [0.3, 0.4) is 0 Å². The highest BCUT2D eigenvalue weighted by molar-refractivity contribution is 7.89. The minimum absolute atomic E-state index is 0. The Morgan fingerprint density at radius 1 is 1.12 bits per heavy atom. The highest BCUT2D eigenvalue weighted by atomic mass is 35.5. The van der Waals surface area contributed by atoms with Crippen LogP contribution >= 0.6 is 12.4 Å². The molecule has 24 heavy (non-hydrogen) atoms. The molecule has 0 aliphatic carbocycles. The molecule has 3 N–H and O–H groups in total. The second-order valence-electron chi connectivity index (χ2n) is 5.71. The van der Waals surface area contributed by atoms with Crippen molar-refractivity contribution in [1.82, 2.24) is 9.62 Å². The maximum atomic E-state index is 12.8. The number of halogens is 1. The van der Waals surface area contributed by atoms with Gasteiger partial charge in [-0.25, -0.2) is 8.42 Å². The van der Waals surface area contributed by atoms with E-state index in [4.69, 9.17) is 5.73 Å². The number of hydrogen-bond acceptors (Lipinski definition) is 4. The van der Waals surface area contributed by atoms with Crippen molar-refractivity contribution in [2.24, 2.45) is 5.73 Å². The number of unbranched alkanes of at least 4 members (excludes halogenated alkanes) is 1. The molecule has 2 rings (SSSR count). The van der Waals surface area contributed by atoms with E-state index < -0.39 is 10.0 Å². The third-order valence-electron chi connectivity index (χ3n) is 3.98. The summed E-state index contributed by atoms with van der Waals surface area (Å²) in [5.74, 6) is -0.349. The summed E-state index contributed by atoms with van der Waals surface area (Å²) in [6.45, 7) is 2.12. The first kappa shape index (κ1) is 20.9. The number of benzene rings is 1. The standard InChI is InChI=1S/C16H25N3O3S.ClH/c17-10-4-5-11-18-16(20)14-8-2-3-9-15(14)23(21,22)19-12-6-1-7-13-19;/h2-3,8-9H,1,4-7,10-13,17H2,(H,18,20);1H. The number of nitrogens with two attached hydrogens (primary N) is 1. The molecule has 0 spiro atoms. The SMILES string of the molecule is Cl.NCCCCNC(=O)c1ccccc1S(=O)(=O)N1CCCCC1. The van der Waals surface area contributed by atoms with Crippen LogP contribution in [0.4, 0.5) is 0 Å². The Kier molecular flexibility index (Phi) is 8.69. The second kappa shape index (κ2) is 9.98. The van der Waals surface area contributed by atoms with Gasteiger partial charge in [-0.1, -0.05) is 18.6 Å². The molecule has 8 heteroatoms. The minimum atomic E-state index is -3.62. The molecule has 0 atom stereocenters. The molecule has 1 saturated heterocycles. The number of rotatable bonds is 7. The molecule has 1 amide bonds. The van der Waals surface area contributed by atoms with Crippen molar-refractivity contribution in [3.63, 3.8) is 0 Å². The first-order valence-corrected chi connectivity index (χ1v) is 9.59. The Bertz CT molecular complexity index is 631. The van der Waals surface area contributed by atoms with Gasteiger partial charge in [-0.3, -0.25) is 4.79 Å². The van der Waals surface area contributed by atoms with Crippen LogP contribution in [-0.2, 0) is 10.0 Å². The highest BCUT2D eigenvalue weighted by Gasteiger charge is 2.29. The van der Waals surface area contributed by atoms with Gasteiger partial charge in [-0.2, -0.15) is 4.31 Å². The zero-order chi connectivity index (χ0) is 16.7. The Morgan fingerprint density at radius 2 is 1.79 bits per heavy atom. The molecule has 0 aromatic heterocycles. The van der Waals surface area contributed by atoms with Gasteiger partial charge in [0.05, 0.1) is 10.5 Å². The van der Waals surface area contributed by atoms with Gasteiger partial charge < -0.3 is 11.1 Å². The van der Waals surface area contributed by atoms with Crippen molar-refractivity contribution < 1.29 is 13.2 Å². The van der Waals surface area contributed by atoms with Gasteiger partial charge in [0.15, 0.2) is 0 Å². The third-order valence-corrected chi connectivity index (χ3v) is 5.94. The van der Waals surface area contributed by atoms with Crippen LogP contribution in [0.25, 0.3) is 0 Å². The monoisotopic (exact) mass is 375 g/mol. The van der Waals surface area contributed by atoms with E-state index in [1.165, 1.54) is 10.4 Å². The summed E-state index contributed by atoms with van der Waals surface area (Å²) in [6.07, 6.45) is 4.39. The number of carbonyl (C=O) groups excluding carboxylic acids is 1. The largest absolute Gasteiger partial charge is 0.352 e. The van der Waals surface area contributed by atoms with Crippen molar-refractivity contribution >= 4 is 28.3 Å². The van der Waals surface area contributed by atoms with Crippen LogP contribution in [0, 0.1) is 0 Å². The Morgan fingerprint density at radius 3 is 2.46 bits per heavy atom. The van der Waals surface area contributed by atoms with Gasteiger partial charge in [0.25, 0.3) is 5.91 Å². The molecule has 1 aliphatic rings. The smallest absolute Gasteiger partial charge is 0.252 e. The minimum Gasteiger partial charge on any atom is -0.352 e. The van der Waals surface area contributed by atoms with Gasteiger partial charge in [0, 0.05) is 19.6 Å². The van der Waals surface area contributed by atoms with Crippen LogP contribution in [0.15, 0.2) is 29.2 Å². The summed E-state index contributed by atoms with van der Waals surface area (Å²) in [7, 11) is -3.62.